The van der Waals surface area contributed by atoms with E-state index in [1.54, 1.807) is 0 Å². The molecule has 1 saturated carbocycles. The number of nitrogens with one attached hydrogen (secondary N) is 1. The average Bonchev–Trinajstić information content (AvgIpc) is 3.14. The lowest BCUT2D eigenvalue weighted by molar-refractivity contribution is -0.386. The van der Waals surface area contributed by atoms with Crippen LogP contribution in [0.4, 0.5) is 20.2 Å². The molecule has 0 amide bonds. The average molecular weight is 297 g/mol. The van der Waals surface area contributed by atoms with Gasteiger partial charge in [0.05, 0.1) is 4.92 Å². The van der Waals surface area contributed by atoms with Crippen LogP contribution in [0.1, 0.15) is 19.3 Å². The zero-order valence-electron chi connectivity index (χ0n) is 11.5. The highest BCUT2D eigenvalue weighted by Gasteiger charge is 2.34. The Balaban J connectivity index is 1.66. The normalized spacial score (nSPS) is 22.5. The number of hydrogen-bond acceptors (Lipinski definition) is 4. The van der Waals surface area contributed by atoms with Crippen LogP contribution >= 0.6 is 0 Å². The third kappa shape index (κ3) is 3.12. The van der Waals surface area contributed by atoms with E-state index in [9.17, 15) is 18.9 Å². The van der Waals surface area contributed by atoms with Crippen molar-refractivity contribution in [1.29, 1.82) is 0 Å². The Hall–Kier alpha value is -1.76. The van der Waals surface area contributed by atoms with Crippen LogP contribution in [0.3, 0.4) is 0 Å². The van der Waals surface area contributed by atoms with E-state index in [2.05, 4.69) is 10.2 Å². The maximum Gasteiger partial charge on any atom is 0.327 e. The van der Waals surface area contributed by atoms with E-state index in [0.29, 0.717) is 24.6 Å². The first kappa shape index (κ1) is 14.2. The van der Waals surface area contributed by atoms with Crippen molar-refractivity contribution in [2.24, 2.45) is 5.92 Å². The van der Waals surface area contributed by atoms with Gasteiger partial charge in [0, 0.05) is 31.3 Å². The predicted octanol–water partition coefficient (Wildman–Crippen LogP) is 2.77. The van der Waals surface area contributed by atoms with Gasteiger partial charge in [0.2, 0.25) is 5.82 Å². The van der Waals surface area contributed by atoms with Gasteiger partial charge >= 0.3 is 5.69 Å². The highest BCUT2D eigenvalue weighted by atomic mass is 19.1. The Kier molecular flexibility index (Phi) is 3.75. The predicted molar refractivity (Wildman–Crippen MR) is 74.2 cm³/mol. The molecule has 114 valence electrons. The van der Waals surface area contributed by atoms with Crippen LogP contribution in [-0.4, -0.2) is 35.5 Å². The number of nitro groups is 1. The minimum atomic E-state index is -1.14. The Morgan fingerprint density at radius 1 is 1.33 bits per heavy atom. The van der Waals surface area contributed by atoms with Crippen LogP contribution in [0, 0.1) is 27.7 Å². The molecule has 1 aliphatic carbocycles. The lowest BCUT2D eigenvalue weighted by atomic mass is 10.1. The Morgan fingerprint density at radius 2 is 2.10 bits per heavy atom. The molecule has 2 aliphatic rings. The molecule has 1 atom stereocenters. The van der Waals surface area contributed by atoms with Crippen LogP contribution in [0.5, 0.6) is 0 Å². The third-order valence-corrected chi connectivity index (χ3v) is 4.17. The lowest BCUT2D eigenvalue weighted by Gasteiger charge is -2.15. The second kappa shape index (κ2) is 5.55. The van der Waals surface area contributed by atoms with E-state index in [1.165, 1.54) is 12.8 Å². The number of rotatable bonds is 5. The number of nitrogens with zero attached hydrogens (tertiary/aromatic N) is 2. The summed E-state index contributed by atoms with van der Waals surface area (Å²) >= 11 is 0. The summed E-state index contributed by atoms with van der Waals surface area (Å²) < 4.78 is 26.7. The molecule has 2 fully saturated rings. The van der Waals surface area contributed by atoms with E-state index in [-0.39, 0.29) is 5.69 Å². The highest BCUT2D eigenvalue weighted by molar-refractivity contribution is 5.62. The largest absolute Gasteiger partial charge is 0.379 e. The molecule has 7 heteroatoms. The van der Waals surface area contributed by atoms with E-state index in [4.69, 9.17) is 0 Å². The number of hydrogen-bond donors (Lipinski definition) is 1. The number of nitro benzene ring substituents is 1. The first-order valence-electron chi connectivity index (χ1n) is 7.16. The second-order valence-electron chi connectivity index (χ2n) is 5.80. The van der Waals surface area contributed by atoms with Crippen LogP contribution < -0.4 is 5.32 Å². The summed E-state index contributed by atoms with van der Waals surface area (Å²) in [4.78, 5) is 12.5. The summed E-state index contributed by atoms with van der Waals surface area (Å²) in [7, 11) is 0. The Labute approximate surface area is 121 Å². The summed E-state index contributed by atoms with van der Waals surface area (Å²) in [6.45, 7) is 2.48. The zero-order valence-corrected chi connectivity index (χ0v) is 11.5. The van der Waals surface area contributed by atoms with Crippen molar-refractivity contribution in [3.63, 3.8) is 0 Å². The van der Waals surface area contributed by atoms with Crippen LogP contribution in [0.25, 0.3) is 0 Å². The summed E-state index contributed by atoms with van der Waals surface area (Å²) in [5, 5.41) is 13.7. The summed E-state index contributed by atoms with van der Waals surface area (Å²) in [5.74, 6) is -1.60. The molecule has 1 saturated heterocycles. The van der Waals surface area contributed by atoms with Crippen molar-refractivity contribution in [3.8, 4) is 0 Å². The van der Waals surface area contributed by atoms with Gasteiger partial charge in [0.25, 0.3) is 0 Å². The maximum absolute atomic E-state index is 13.5. The molecule has 0 radical (unpaired) electrons. The van der Waals surface area contributed by atoms with Crippen LogP contribution in [0.15, 0.2) is 12.1 Å². The van der Waals surface area contributed by atoms with Crippen molar-refractivity contribution >= 4 is 11.4 Å². The fraction of sp³-hybridized carbons (Fsp3) is 0.571. The lowest BCUT2D eigenvalue weighted by Crippen LogP contribution is -2.25. The molecule has 3 rings (SSSR count). The molecular weight excluding hydrogens is 280 g/mol. The fourth-order valence-electron chi connectivity index (χ4n) is 2.94. The second-order valence-corrected chi connectivity index (χ2v) is 5.80. The number of benzene rings is 1. The van der Waals surface area contributed by atoms with E-state index < -0.39 is 22.2 Å². The molecule has 0 bridgehead atoms. The van der Waals surface area contributed by atoms with Crippen molar-refractivity contribution in [2.45, 2.75) is 25.3 Å². The standard InChI is InChI=1S/C14H17F2N3O2/c15-10-5-12(16)14(19(20)21)13(6-10)17-7-9-3-4-18(8-9)11-1-2-11/h5-6,9,11,17H,1-4,7-8H2. The number of anilines is 1. The maximum atomic E-state index is 13.5. The molecule has 1 aromatic rings. The number of likely N-dealkylation sites (tertiary alicyclic amines) is 1. The molecule has 1 heterocycles. The molecular formula is C14H17F2N3O2. The van der Waals surface area contributed by atoms with Gasteiger partial charge in [-0.3, -0.25) is 10.1 Å². The topological polar surface area (TPSA) is 58.4 Å². The summed E-state index contributed by atoms with van der Waals surface area (Å²) in [5.41, 5.74) is -0.768. The smallest absolute Gasteiger partial charge is 0.327 e. The van der Waals surface area contributed by atoms with Gasteiger partial charge in [-0.2, -0.15) is 4.39 Å². The Bertz CT molecular complexity index is 563. The summed E-state index contributed by atoms with van der Waals surface area (Å²) in [6.07, 6.45) is 3.51. The molecule has 0 aromatic heterocycles. The molecule has 1 aromatic carbocycles. The van der Waals surface area contributed by atoms with E-state index in [0.717, 1.165) is 25.6 Å². The van der Waals surface area contributed by atoms with Crippen molar-refractivity contribution in [2.75, 3.05) is 25.0 Å². The van der Waals surface area contributed by atoms with Gasteiger partial charge in [-0.05, 0) is 31.7 Å². The highest BCUT2D eigenvalue weighted by Crippen LogP contribution is 2.33. The number of halogens is 2. The first-order chi connectivity index (χ1) is 10.0. The minimum Gasteiger partial charge on any atom is -0.379 e. The van der Waals surface area contributed by atoms with Gasteiger partial charge < -0.3 is 10.2 Å². The fourth-order valence-corrected chi connectivity index (χ4v) is 2.94. The Morgan fingerprint density at radius 3 is 2.76 bits per heavy atom. The molecule has 1 N–H and O–H groups in total. The minimum absolute atomic E-state index is 0.0811. The van der Waals surface area contributed by atoms with E-state index >= 15 is 0 Å². The molecule has 0 spiro atoms. The van der Waals surface area contributed by atoms with Crippen LogP contribution in [-0.2, 0) is 0 Å². The van der Waals surface area contributed by atoms with Crippen molar-refractivity contribution in [3.05, 3.63) is 33.9 Å². The SMILES string of the molecule is O=[N+]([O-])c1c(F)cc(F)cc1NCC1CCN(C2CC2)C1. The van der Waals surface area contributed by atoms with E-state index in [1.807, 2.05) is 0 Å². The quantitative estimate of drug-likeness (QED) is 0.670. The van der Waals surface area contributed by atoms with Gasteiger partial charge in [-0.1, -0.05) is 0 Å². The molecule has 1 aliphatic heterocycles. The third-order valence-electron chi connectivity index (χ3n) is 4.17. The molecule has 1 unspecified atom stereocenters. The zero-order chi connectivity index (χ0) is 15.0. The van der Waals surface area contributed by atoms with Gasteiger partial charge in [-0.15, -0.1) is 0 Å². The van der Waals surface area contributed by atoms with Crippen molar-refractivity contribution in [1.82, 2.24) is 4.90 Å². The summed E-state index contributed by atoms with van der Waals surface area (Å²) in [6, 6.07) is 2.22. The van der Waals surface area contributed by atoms with Crippen molar-refractivity contribution < 1.29 is 13.7 Å². The first-order valence-corrected chi connectivity index (χ1v) is 7.16. The van der Waals surface area contributed by atoms with Gasteiger partial charge in [0.1, 0.15) is 11.5 Å². The van der Waals surface area contributed by atoms with Gasteiger partial charge in [-0.25, -0.2) is 4.39 Å². The molecule has 5 nitrogen and oxygen atoms in total. The van der Waals surface area contributed by atoms with Gasteiger partial charge in [0.15, 0.2) is 0 Å². The molecule has 21 heavy (non-hydrogen) atoms. The van der Waals surface area contributed by atoms with Crippen LogP contribution in [0.2, 0.25) is 0 Å². The monoisotopic (exact) mass is 297 g/mol.